The van der Waals surface area contributed by atoms with Crippen molar-refractivity contribution in [3.05, 3.63) is 59.7 Å². The van der Waals surface area contributed by atoms with E-state index < -0.39 is 10.0 Å². The number of nitrogens with one attached hydrogen (secondary N) is 2. The van der Waals surface area contributed by atoms with Gasteiger partial charge >= 0.3 is 0 Å². The van der Waals surface area contributed by atoms with Crippen LogP contribution in [0.2, 0.25) is 0 Å². The molecule has 2 aromatic rings. The van der Waals surface area contributed by atoms with Crippen molar-refractivity contribution in [3.63, 3.8) is 0 Å². The molecule has 27 heavy (non-hydrogen) atoms. The van der Waals surface area contributed by atoms with Gasteiger partial charge in [0.05, 0.1) is 11.4 Å². The quantitative estimate of drug-likeness (QED) is 0.771. The third-order valence-electron chi connectivity index (χ3n) is 4.04. The van der Waals surface area contributed by atoms with Gasteiger partial charge in [0.2, 0.25) is 15.9 Å². The Labute approximate surface area is 157 Å². The smallest absolute Gasteiger partial charge is 0.255 e. The monoisotopic (exact) mass is 383 g/mol. The molecule has 1 fully saturated rings. The summed E-state index contributed by atoms with van der Waals surface area (Å²) in [7, 11) is -3.79. The van der Waals surface area contributed by atoms with Gasteiger partial charge in [-0.05, 0) is 42.5 Å². The summed E-state index contributed by atoms with van der Waals surface area (Å²) in [6.07, 6.45) is 5.34. The molecule has 0 unspecified atom stereocenters. The van der Waals surface area contributed by atoms with Crippen molar-refractivity contribution in [2.75, 3.05) is 25.0 Å². The van der Waals surface area contributed by atoms with Crippen molar-refractivity contribution in [2.45, 2.75) is 4.90 Å². The van der Waals surface area contributed by atoms with Gasteiger partial charge in [0, 0.05) is 29.9 Å². The third-order valence-corrected chi connectivity index (χ3v) is 5.90. The number of nitrogens with zero attached hydrogens (tertiary/aromatic N) is 1. The topological polar surface area (TPSA) is 95.6 Å². The lowest BCUT2D eigenvalue weighted by atomic mass is 10.2. The molecule has 8 heteroatoms. The Morgan fingerprint density at radius 2 is 1.93 bits per heavy atom. The van der Waals surface area contributed by atoms with E-state index in [9.17, 15) is 18.0 Å². The van der Waals surface area contributed by atoms with E-state index in [1.165, 1.54) is 24.3 Å². The molecule has 0 saturated carbocycles. The molecule has 0 bridgehead atoms. The zero-order chi connectivity index (χ0) is 19.4. The maximum absolute atomic E-state index is 12.6. The molecule has 2 aromatic carbocycles. The number of carbonyl (C=O) groups is 2. The second kappa shape index (κ2) is 7.61. The molecule has 2 N–H and O–H groups in total. The highest BCUT2D eigenvalue weighted by Gasteiger charge is 2.29. The molecule has 7 nitrogen and oxygen atoms in total. The van der Waals surface area contributed by atoms with E-state index in [0.29, 0.717) is 16.8 Å². The zero-order valence-electron chi connectivity index (χ0n) is 14.3. The lowest BCUT2D eigenvalue weighted by Crippen LogP contribution is -2.49. The minimum Gasteiger partial charge on any atom is -0.354 e. The Balaban J connectivity index is 1.75. The summed E-state index contributed by atoms with van der Waals surface area (Å²) in [5.74, 6) is 1.77. The van der Waals surface area contributed by atoms with Gasteiger partial charge in [-0.25, -0.2) is 8.42 Å². The second-order valence-corrected chi connectivity index (χ2v) is 7.83. The molecule has 0 spiro atoms. The summed E-state index contributed by atoms with van der Waals surface area (Å²) >= 11 is 0. The number of benzene rings is 2. The molecule has 3 rings (SSSR count). The molecule has 138 valence electrons. The van der Waals surface area contributed by atoms with Crippen LogP contribution in [0.4, 0.5) is 5.69 Å². The van der Waals surface area contributed by atoms with Crippen LogP contribution in [0.5, 0.6) is 0 Å². The van der Waals surface area contributed by atoms with Gasteiger partial charge in [-0.1, -0.05) is 12.0 Å². The number of sulfonamides is 1. The number of hydrogen-bond donors (Lipinski definition) is 2. The predicted octanol–water partition coefficient (Wildman–Crippen LogP) is 1.04. The Hall–Kier alpha value is -3.15. The first-order valence-corrected chi connectivity index (χ1v) is 9.59. The molecule has 0 aliphatic carbocycles. The number of terminal acetylenes is 1. The van der Waals surface area contributed by atoms with E-state index in [-0.39, 0.29) is 36.3 Å². The van der Waals surface area contributed by atoms with Crippen LogP contribution in [0.15, 0.2) is 53.4 Å². The molecule has 0 atom stereocenters. The minimum absolute atomic E-state index is 0.0306. The molecular formula is C19H17N3O4S. The van der Waals surface area contributed by atoms with E-state index in [1.807, 2.05) is 0 Å². The third kappa shape index (κ3) is 4.16. The first-order valence-electron chi connectivity index (χ1n) is 8.15. The number of rotatable bonds is 4. The van der Waals surface area contributed by atoms with Crippen molar-refractivity contribution < 1.29 is 18.0 Å². The standard InChI is InChI=1S/C19H17N3O4S/c1-2-14-4-3-5-16(12-14)21-19(24)15-6-8-17(9-7-15)27(25,26)22-11-10-20-18(23)13-22/h1,3-9,12H,10-11,13H2,(H,20,23)(H,21,24). The SMILES string of the molecule is C#Cc1cccc(NC(=O)c2ccc(S(=O)(=O)N3CCNC(=O)C3)cc2)c1. The van der Waals surface area contributed by atoms with Crippen molar-refractivity contribution in [1.29, 1.82) is 0 Å². The maximum atomic E-state index is 12.6. The average molecular weight is 383 g/mol. The van der Waals surface area contributed by atoms with Crippen LogP contribution in [0.1, 0.15) is 15.9 Å². The van der Waals surface area contributed by atoms with Gasteiger partial charge < -0.3 is 10.6 Å². The normalized spacial score (nSPS) is 14.9. The van der Waals surface area contributed by atoms with E-state index in [0.717, 1.165) is 4.31 Å². The molecule has 1 saturated heterocycles. The first-order chi connectivity index (χ1) is 12.9. The molecule has 2 amide bonds. The van der Waals surface area contributed by atoms with E-state index in [1.54, 1.807) is 24.3 Å². The summed E-state index contributed by atoms with van der Waals surface area (Å²) in [4.78, 5) is 23.8. The molecule has 1 aliphatic rings. The Morgan fingerprint density at radius 1 is 1.19 bits per heavy atom. The minimum atomic E-state index is -3.79. The van der Waals surface area contributed by atoms with Crippen LogP contribution in [-0.4, -0.2) is 44.2 Å². The van der Waals surface area contributed by atoms with Crippen LogP contribution >= 0.6 is 0 Å². The second-order valence-electron chi connectivity index (χ2n) is 5.89. The number of amides is 2. The highest BCUT2D eigenvalue weighted by Crippen LogP contribution is 2.18. The van der Waals surface area contributed by atoms with Crippen LogP contribution in [-0.2, 0) is 14.8 Å². The van der Waals surface area contributed by atoms with Crippen LogP contribution in [0, 0.1) is 12.3 Å². The van der Waals surface area contributed by atoms with Gasteiger partial charge in [-0.2, -0.15) is 4.31 Å². The van der Waals surface area contributed by atoms with Gasteiger partial charge in [0.25, 0.3) is 5.91 Å². The number of piperazine rings is 1. The van der Waals surface area contributed by atoms with Crippen LogP contribution < -0.4 is 10.6 Å². The highest BCUT2D eigenvalue weighted by atomic mass is 32.2. The van der Waals surface area contributed by atoms with Gasteiger partial charge in [0.15, 0.2) is 0 Å². The Kier molecular flexibility index (Phi) is 5.26. The van der Waals surface area contributed by atoms with Crippen LogP contribution in [0.3, 0.4) is 0 Å². The fraction of sp³-hybridized carbons (Fsp3) is 0.158. The molecule has 1 heterocycles. The van der Waals surface area contributed by atoms with Crippen molar-refractivity contribution >= 4 is 27.5 Å². The summed E-state index contributed by atoms with van der Waals surface area (Å²) in [5.41, 5.74) is 1.49. The largest absolute Gasteiger partial charge is 0.354 e. The number of anilines is 1. The predicted molar refractivity (Wildman–Crippen MR) is 101 cm³/mol. The van der Waals surface area contributed by atoms with Crippen molar-refractivity contribution in [3.8, 4) is 12.3 Å². The van der Waals surface area contributed by atoms with E-state index in [4.69, 9.17) is 6.42 Å². The Bertz CT molecular complexity index is 1020. The summed E-state index contributed by atoms with van der Waals surface area (Å²) in [6.45, 7) is 0.271. The van der Waals surface area contributed by atoms with Gasteiger partial charge in [0.1, 0.15) is 0 Å². The highest BCUT2D eigenvalue weighted by molar-refractivity contribution is 7.89. The summed E-state index contributed by atoms with van der Waals surface area (Å²) in [5, 5.41) is 5.29. The maximum Gasteiger partial charge on any atom is 0.255 e. The fourth-order valence-corrected chi connectivity index (χ4v) is 4.03. The van der Waals surface area contributed by atoms with E-state index >= 15 is 0 Å². The zero-order valence-corrected chi connectivity index (χ0v) is 15.1. The fourth-order valence-electron chi connectivity index (χ4n) is 2.64. The molecule has 0 aromatic heterocycles. The van der Waals surface area contributed by atoms with Gasteiger partial charge in [-0.15, -0.1) is 6.42 Å². The lowest BCUT2D eigenvalue weighted by molar-refractivity contribution is -0.122. The van der Waals surface area contributed by atoms with Crippen molar-refractivity contribution in [2.24, 2.45) is 0 Å². The first kappa shape index (κ1) is 18.6. The Morgan fingerprint density at radius 3 is 2.59 bits per heavy atom. The van der Waals surface area contributed by atoms with Crippen LogP contribution in [0.25, 0.3) is 0 Å². The average Bonchev–Trinajstić information content (AvgIpc) is 2.68. The molecular weight excluding hydrogens is 366 g/mol. The molecule has 0 radical (unpaired) electrons. The number of hydrogen-bond acceptors (Lipinski definition) is 4. The molecule has 1 aliphatic heterocycles. The van der Waals surface area contributed by atoms with Crippen molar-refractivity contribution in [1.82, 2.24) is 9.62 Å². The number of carbonyl (C=O) groups excluding carboxylic acids is 2. The van der Waals surface area contributed by atoms with Gasteiger partial charge in [-0.3, -0.25) is 9.59 Å². The summed E-state index contributed by atoms with van der Waals surface area (Å²) in [6, 6.07) is 12.4. The summed E-state index contributed by atoms with van der Waals surface area (Å²) < 4.78 is 26.3. The van der Waals surface area contributed by atoms with E-state index in [2.05, 4.69) is 16.6 Å². The lowest BCUT2D eigenvalue weighted by Gasteiger charge is -2.25.